The lowest BCUT2D eigenvalue weighted by Crippen LogP contribution is -2.61. The first-order valence-electron chi connectivity index (χ1n) is 7.35. The Balaban J connectivity index is 2.49. The lowest BCUT2D eigenvalue weighted by atomic mass is 9.99. The molecule has 1 aliphatic heterocycles. The molecular formula is C15H23ClN4O3. The van der Waals surface area contributed by atoms with E-state index in [4.69, 9.17) is 21.1 Å². The smallest absolute Gasteiger partial charge is 0.416 e. The van der Waals surface area contributed by atoms with Crippen molar-refractivity contribution in [3.63, 3.8) is 0 Å². The quantitative estimate of drug-likeness (QED) is 0.769. The molecule has 23 heavy (non-hydrogen) atoms. The highest BCUT2D eigenvalue weighted by atomic mass is 35.5. The normalized spacial score (nSPS) is 21.0. The summed E-state index contributed by atoms with van der Waals surface area (Å²) in [5, 5.41) is 0.176. The molecule has 0 saturated heterocycles. The van der Waals surface area contributed by atoms with Crippen molar-refractivity contribution in [3.8, 4) is 5.75 Å². The van der Waals surface area contributed by atoms with E-state index in [0.29, 0.717) is 18.1 Å². The monoisotopic (exact) mass is 342 g/mol. The van der Waals surface area contributed by atoms with E-state index in [-0.39, 0.29) is 11.8 Å². The minimum Gasteiger partial charge on any atom is -0.484 e. The van der Waals surface area contributed by atoms with Crippen LogP contribution in [-0.2, 0) is 4.74 Å². The first-order valence-corrected chi connectivity index (χ1v) is 7.72. The van der Waals surface area contributed by atoms with Gasteiger partial charge in [-0.15, -0.1) is 0 Å². The molecule has 1 aliphatic rings. The number of fused-ring (bicyclic) bond motifs is 1. The number of carbonyl (C=O) groups is 1. The van der Waals surface area contributed by atoms with E-state index in [1.165, 1.54) is 11.2 Å². The SMILES string of the molecule is CN(C)C[C@]1(C)COc2c(Cl)ncnc2N1C(=O)OC(C)(C)C. The summed E-state index contributed by atoms with van der Waals surface area (Å²) < 4.78 is 11.3. The molecule has 0 aliphatic carbocycles. The fraction of sp³-hybridized carbons (Fsp3) is 0.667. The van der Waals surface area contributed by atoms with Gasteiger partial charge in [0.1, 0.15) is 18.5 Å². The Morgan fingerprint density at radius 1 is 1.48 bits per heavy atom. The van der Waals surface area contributed by atoms with Crippen LogP contribution >= 0.6 is 11.6 Å². The second kappa shape index (κ2) is 6.13. The molecule has 1 aromatic rings. The Hall–Kier alpha value is -1.60. The van der Waals surface area contributed by atoms with Crippen molar-refractivity contribution in [1.82, 2.24) is 14.9 Å². The third-order valence-electron chi connectivity index (χ3n) is 3.25. The lowest BCUT2D eigenvalue weighted by Gasteiger charge is -2.45. The second-order valence-corrected chi connectivity index (χ2v) is 7.51. The highest BCUT2D eigenvalue weighted by Crippen LogP contribution is 2.40. The highest BCUT2D eigenvalue weighted by Gasteiger charge is 2.46. The highest BCUT2D eigenvalue weighted by molar-refractivity contribution is 6.31. The van der Waals surface area contributed by atoms with Crippen LogP contribution in [0.4, 0.5) is 10.6 Å². The molecule has 0 saturated carbocycles. The van der Waals surface area contributed by atoms with Gasteiger partial charge in [-0.2, -0.15) is 0 Å². The number of likely N-dealkylation sites (N-methyl/N-ethyl adjacent to an activating group) is 1. The minimum atomic E-state index is -0.642. The van der Waals surface area contributed by atoms with Crippen LogP contribution in [0.15, 0.2) is 6.33 Å². The molecule has 8 heteroatoms. The average Bonchev–Trinajstić information content (AvgIpc) is 2.34. The van der Waals surface area contributed by atoms with Crippen molar-refractivity contribution < 1.29 is 14.3 Å². The number of aromatic nitrogens is 2. The molecule has 0 unspecified atom stereocenters. The fourth-order valence-electron chi connectivity index (χ4n) is 2.59. The van der Waals surface area contributed by atoms with Crippen LogP contribution < -0.4 is 9.64 Å². The van der Waals surface area contributed by atoms with E-state index in [0.717, 1.165) is 0 Å². The zero-order valence-electron chi connectivity index (χ0n) is 14.4. The molecule has 0 spiro atoms. The van der Waals surface area contributed by atoms with Gasteiger partial charge in [0.15, 0.2) is 16.7 Å². The van der Waals surface area contributed by atoms with E-state index in [2.05, 4.69) is 9.97 Å². The van der Waals surface area contributed by atoms with Gasteiger partial charge in [0.05, 0.1) is 5.54 Å². The van der Waals surface area contributed by atoms with Crippen LogP contribution in [0.25, 0.3) is 0 Å². The van der Waals surface area contributed by atoms with Gasteiger partial charge in [0, 0.05) is 6.54 Å². The van der Waals surface area contributed by atoms with Gasteiger partial charge in [-0.25, -0.2) is 19.7 Å². The summed E-state index contributed by atoms with van der Waals surface area (Å²) in [5.74, 6) is 0.631. The number of carbonyl (C=O) groups excluding carboxylic acids is 1. The number of amides is 1. The Morgan fingerprint density at radius 2 is 2.13 bits per heavy atom. The molecule has 7 nitrogen and oxygen atoms in total. The summed E-state index contributed by atoms with van der Waals surface area (Å²) in [6.07, 6.45) is 0.824. The molecule has 2 heterocycles. The summed E-state index contributed by atoms with van der Waals surface area (Å²) in [7, 11) is 3.86. The summed E-state index contributed by atoms with van der Waals surface area (Å²) in [4.78, 5) is 24.4. The van der Waals surface area contributed by atoms with Crippen molar-refractivity contribution in [3.05, 3.63) is 11.5 Å². The fourth-order valence-corrected chi connectivity index (χ4v) is 2.77. The van der Waals surface area contributed by atoms with Gasteiger partial charge >= 0.3 is 6.09 Å². The predicted molar refractivity (Wildman–Crippen MR) is 88.2 cm³/mol. The standard InChI is InChI=1S/C15H23ClN4O3/c1-14(2,3)23-13(21)20-12-10(11(16)17-9-18-12)22-8-15(20,4)7-19(5)6/h9H,7-8H2,1-6H3/t15-/m1/s1. The molecule has 2 rings (SSSR count). The topological polar surface area (TPSA) is 67.8 Å². The molecule has 1 amide bonds. The van der Waals surface area contributed by atoms with Crippen LogP contribution in [-0.4, -0.2) is 59.3 Å². The summed E-state index contributed by atoms with van der Waals surface area (Å²) in [5.41, 5.74) is -1.26. The molecule has 0 fully saturated rings. The van der Waals surface area contributed by atoms with Crippen molar-refractivity contribution in [2.24, 2.45) is 0 Å². The first-order chi connectivity index (χ1) is 10.5. The molecule has 128 valence electrons. The Labute approximate surface area is 141 Å². The molecule has 1 aromatic heterocycles. The Kier molecular flexibility index (Phi) is 4.73. The molecule has 0 radical (unpaired) electrons. The summed E-state index contributed by atoms with van der Waals surface area (Å²) >= 11 is 6.08. The van der Waals surface area contributed by atoms with E-state index < -0.39 is 17.2 Å². The number of hydrogen-bond acceptors (Lipinski definition) is 6. The molecule has 0 bridgehead atoms. The van der Waals surface area contributed by atoms with E-state index in [9.17, 15) is 4.79 Å². The van der Waals surface area contributed by atoms with Gasteiger partial charge in [0.2, 0.25) is 0 Å². The van der Waals surface area contributed by atoms with Crippen molar-refractivity contribution in [2.45, 2.75) is 38.8 Å². The number of halogens is 1. The number of rotatable bonds is 2. The number of ether oxygens (including phenoxy) is 2. The predicted octanol–water partition coefficient (Wildman–Crippen LogP) is 2.58. The van der Waals surface area contributed by atoms with Gasteiger partial charge in [0.25, 0.3) is 0 Å². The van der Waals surface area contributed by atoms with Crippen LogP contribution in [0.1, 0.15) is 27.7 Å². The lowest BCUT2D eigenvalue weighted by molar-refractivity contribution is 0.0474. The van der Waals surface area contributed by atoms with Gasteiger partial charge in [-0.1, -0.05) is 11.6 Å². The van der Waals surface area contributed by atoms with Gasteiger partial charge in [-0.3, -0.25) is 0 Å². The minimum absolute atomic E-state index is 0.176. The van der Waals surface area contributed by atoms with Crippen LogP contribution in [0.5, 0.6) is 5.75 Å². The maximum Gasteiger partial charge on any atom is 0.416 e. The number of nitrogens with zero attached hydrogens (tertiary/aromatic N) is 4. The molecular weight excluding hydrogens is 320 g/mol. The molecule has 0 aromatic carbocycles. The van der Waals surface area contributed by atoms with Gasteiger partial charge < -0.3 is 14.4 Å². The summed E-state index contributed by atoms with van der Waals surface area (Å²) in [6.45, 7) is 8.24. The third kappa shape index (κ3) is 3.84. The zero-order valence-corrected chi connectivity index (χ0v) is 15.1. The maximum absolute atomic E-state index is 12.8. The van der Waals surface area contributed by atoms with E-state index >= 15 is 0 Å². The van der Waals surface area contributed by atoms with E-state index in [1.807, 2.05) is 46.7 Å². The zero-order chi connectivity index (χ0) is 17.4. The first kappa shape index (κ1) is 17.7. The Morgan fingerprint density at radius 3 is 2.70 bits per heavy atom. The van der Waals surface area contributed by atoms with Gasteiger partial charge in [-0.05, 0) is 41.8 Å². The van der Waals surface area contributed by atoms with E-state index in [1.54, 1.807) is 0 Å². The molecule has 1 atom stereocenters. The molecule has 0 N–H and O–H groups in total. The Bertz CT molecular complexity index is 603. The average molecular weight is 343 g/mol. The second-order valence-electron chi connectivity index (χ2n) is 7.16. The number of hydrogen-bond donors (Lipinski definition) is 0. The maximum atomic E-state index is 12.8. The van der Waals surface area contributed by atoms with Crippen LogP contribution in [0.2, 0.25) is 5.15 Å². The van der Waals surface area contributed by atoms with Crippen LogP contribution in [0.3, 0.4) is 0 Å². The van der Waals surface area contributed by atoms with Crippen molar-refractivity contribution >= 4 is 23.5 Å². The summed E-state index contributed by atoms with van der Waals surface area (Å²) in [6, 6.07) is 0. The van der Waals surface area contributed by atoms with Crippen molar-refractivity contribution in [1.29, 1.82) is 0 Å². The van der Waals surface area contributed by atoms with Crippen molar-refractivity contribution in [2.75, 3.05) is 32.1 Å². The number of anilines is 1. The van der Waals surface area contributed by atoms with Crippen LogP contribution in [0, 0.1) is 0 Å². The largest absolute Gasteiger partial charge is 0.484 e. The third-order valence-corrected chi connectivity index (χ3v) is 3.52.